The molecule has 11 heteroatoms. The highest BCUT2D eigenvalue weighted by molar-refractivity contribution is 6.37. The lowest BCUT2D eigenvalue weighted by Gasteiger charge is -2.11. The second-order valence-corrected chi connectivity index (χ2v) is 9.46. The minimum atomic E-state index is -0.549. The van der Waals surface area contributed by atoms with E-state index in [2.05, 4.69) is 15.8 Å². The number of esters is 1. The standard InChI is InChI=1S/C31H25Cl2N3O6/c1-3-41-28-16-19(4-15-27(28)42-31(39)21-7-12-24(40-2)13-8-21)18-34-36-29(37)20-5-10-23(11-6-20)35-30(38)25-14-9-22(32)17-26(25)33/h4-18H,3H2,1-2H3,(H,35,38)(H,36,37)/b34-18-. The third-order valence-corrected chi connectivity index (χ3v) is 6.30. The van der Waals surface area contributed by atoms with Gasteiger partial charge in [0.05, 0.1) is 36.1 Å². The van der Waals surface area contributed by atoms with Crippen LogP contribution < -0.4 is 25.0 Å². The Morgan fingerprint density at radius 2 is 1.55 bits per heavy atom. The molecular formula is C31H25Cl2N3O6. The molecule has 42 heavy (non-hydrogen) atoms. The average Bonchev–Trinajstić information content (AvgIpc) is 2.98. The Balaban J connectivity index is 1.36. The highest BCUT2D eigenvalue weighted by Crippen LogP contribution is 2.29. The van der Waals surface area contributed by atoms with Crippen LogP contribution >= 0.6 is 23.2 Å². The fourth-order valence-corrected chi connectivity index (χ4v) is 4.14. The van der Waals surface area contributed by atoms with Crippen molar-refractivity contribution >= 4 is 52.9 Å². The van der Waals surface area contributed by atoms with Gasteiger partial charge in [-0.15, -0.1) is 0 Å². The zero-order chi connectivity index (χ0) is 30.1. The first-order valence-electron chi connectivity index (χ1n) is 12.6. The number of hydrogen-bond acceptors (Lipinski definition) is 7. The van der Waals surface area contributed by atoms with Gasteiger partial charge in [0.1, 0.15) is 5.75 Å². The van der Waals surface area contributed by atoms with E-state index in [1.807, 2.05) is 0 Å². The van der Waals surface area contributed by atoms with Gasteiger partial charge in [-0.1, -0.05) is 23.2 Å². The first kappa shape index (κ1) is 30.1. The Hall–Kier alpha value is -4.86. The Morgan fingerprint density at radius 1 is 0.833 bits per heavy atom. The molecule has 4 aromatic carbocycles. The number of carbonyl (C=O) groups is 3. The van der Waals surface area contributed by atoms with E-state index < -0.39 is 17.8 Å². The summed E-state index contributed by atoms with van der Waals surface area (Å²) in [5.41, 5.74) is 4.48. The molecule has 4 aromatic rings. The number of halogens is 2. The molecular weight excluding hydrogens is 581 g/mol. The molecule has 4 rings (SSSR count). The Morgan fingerprint density at radius 3 is 2.21 bits per heavy atom. The van der Waals surface area contributed by atoms with Crippen LogP contribution in [0.2, 0.25) is 10.0 Å². The number of anilines is 1. The first-order valence-corrected chi connectivity index (χ1v) is 13.4. The van der Waals surface area contributed by atoms with Gasteiger partial charge in [0.25, 0.3) is 11.8 Å². The number of nitrogens with one attached hydrogen (secondary N) is 2. The number of carbonyl (C=O) groups excluding carboxylic acids is 3. The normalized spacial score (nSPS) is 10.7. The topological polar surface area (TPSA) is 115 Å². The Kier molecular flexibility index (Phi) is 10.1. The summed E-state index contributed by atoms with van der Waals surface area (Å²) in [6.07, 6.45) is 1.43. The largest absolute Gasteiger partial charge is 0.497 e. The number of ether oxygens (including phenoxy) is 3. The summed E-state index contributed by atoms with van der Waals surface area (Å²) in [7, 11) is 1.54. The number of rotatable bonds is 10. The van der Waals surface area contributed by atoms with Crippen LogP contribution in [0.4, 0.5) is 5.69 Å². The van der Waals surface area contributed by atoms with E-state index in [-0.39, 0.29) is 16.3 Å². The number of benzene rings is 4. The lowest BCUT2D eigenvalue weighted by atomic mass is 10.1. The molecule has 9 nitrogen and oxygen atoms in total. The van der Waals surface area contributed by atoms with Gasteiger partial charge in [-0.25, -0.2) is 10.2 Å². The van der Waals surface area contributed by atoms with Crippen molar-refractivity contribution in [3.05, 3.63) is 117 Å². The quantitative estimate of drug-likeness (QED) is 0.0906. The van der Waals surface area contributed by atoms with Crippen LogP contribution in [0.15, 0.2) is 90.0 Å². The maximum atomic E-state index is 12.6. The molecule has 0 aliphatic rings. The third-order valence-electron chi connectivity index (χ3n) is 5.76. The predicted octanol–water partition coefficient (Wildman–Crippen LogP) is 6.64. The van der Waals surface area contributed by atoms with Crippen LogP contribution in [0.3, 0.4) is 0 Å². The van der Waals surface area contributed by atoms with Crippen molar-refractivity contribution < 1.29 is 28.6 Å². The molecule has 0 atom stereocenters. The second kappa shape index (κ2) is 14.2. The van der Waals surface area contributed by atoms with Gasteiger partial charge in [-0.3, -0.25) is 9.59 Å². The van der Waals surface area contributed by atoms with Crippen LogP contribution in [-0.4, -0.2) is 37.7 Å². The van der Waals surface area contributed by atoms with Gasteiger partial charge >= 0.3 is 5.97 Å². The molecule has 0 bridgehead atoms. The van der Waals surface area contributed by atoms with E-state index >= 15 is 0 Å². The monoisotopic (exact) mass is 605 g/mol. The first-order chi connectivity index (χ1) is 20.3. The number of hydrogen-bond donors (Lipinski definition) is 2. The summed E-state index contributed by atoms with van der Waals surface area (Å²) in [5, 5.41) is 7.38. The molecule has 2 amide bonds. The Bertz CT molecular complexity index is 1620. The summed E-state index contributed by atoms with van der Waals surface area (Å²) in [6, 6.07) is 22.3. The molecule has 0 radical (unpaired) electrons. The van der Waals surface area contributed by atoms with Gasteiger partial charge in [0.15, 0.2) is 11.5 Å². The molecule has 0 unspecified atom stereocenters. The molecule has 0 fully saturated rings. The van der Waals surface area contributed by atoms with Crippen molar-refractivity contribution in [1.82, 2.24) is 5.43 Å². The summed E-state index contributed by atoms with van der Waals surface area (Å²) in [5.74, 6) is -0.215. The molecule has 2 N–H and O–H groups in total. The fraction of sp³-hybridized carbons (Fsp3) is 0.0968. The zero-order valence-electron chi connectivity index (χ0n) is 22.5. The van der Waals surface area contributed by atoms with Crippen molar-refractivity contribution in [2.45, 2.75) is 6.92 Å². The minimum absolute atomic E-state index is 0.228. The zero-order valence-corrected chi connectivity index (χ0v) is 24.0. The fourth-order valence-electron chi connectivity index (χ4n) is 3.65. The summed E-state index contributed by atoms with van der Waals surface area (Å²) in [6.45, 7) is 2.15. The van der Waals surface area contributed by atoms with Crippen molar-refractivity contribution in [1.29, 1.82) is 0 Å². The van der Waals surface area contributed by atoms with Crippen LogP contribution in [0.1, 0.15) is 43.6 Å². The minimum Gasteiger partial charge on any atom is -0.497 e. The molecule has 0 aliphatic carbocycles. The SMILES string of the molecule is CCOc1cc(/C=N\NC(=O)c2ccc(NC(=O)c3ccc(Cl)cc3Cl)cc2)ccc1OC(=O)c1ccc(OC)cc1. The number of methoxy groups -OCH3 is 1. The van der Waals surface area contributed by atoms with Crippen LogP contribution in [0, 0.1) is 0 Å². The molecule has 0 saturated carbocycles. The van der Waals surface area contributed by atoms with Gasteiger partial charge < -0.3 is 19.5 Å². The molecule has 0 heterocycles. The number of hydrazone groups is 1. The lowest BCUT2D eigenvalue weighted by Crippen LogP contribution is -2.18. The number of amides is 2. The van der Waals surface area contributed by atoms with Gasteiger partial charge in [-0.05, 0) is 97.4 Å². The maximum Gasteiger partial charge on any atom is 0.343 e. The van der Waals surface area contributed by atoms with E-state index in [0.29, 0.717) is 45.5 Å². The average molecular weight is 606 g/mol. The van der Waals surface area contributed by atoms with E-state index in [4.69, 9.17) is 37.4 Å². The van der Waals surface area contributed by atoms with Crippen LogP contribution in [0.25, 0.3) is 0 Å². The smallest absolute Gasteiger partial charge is 0.343 e. The second-order valence-electron chi connectivity index (χ2n) is 8.61. The van der Waals surface area contributed by atoms with Crippen molar-refractivity contribution in [2.75, 3.05) is 19.0 Å². The van der Waals surface area contributed by atoms with Crippen LogP contribution in [-0.2, 0) is 0 Å². The Labute approximate surface area is 252 Å². The third kappa shape index (κ3) is 7.87. The maximum absolute atomic E-state index is 12.6. The van der Waals surface area contributed by atoms with E-state index in [1.54, 1.807) is 86.8 Å². The van der Waals surface area contributed by atoms with E-state index in [9.17, 15) is 14.4 Å². The molecule has 0 aromatic heterocycles. The van der Waals surface area contributed by atoms with Crippen molar-refractivity contribution in [2.24, 2.45) is 5.10 Å². The van der Waals surface area contributed by atoms with Gasteiger partial charge in [0, 0.05) is 16.3 Å². The summed E-state index contributed by atoms with van der Waals surface area (Å²) in [4.78, 5) is 37.6. The molecule has 0 saturated heterocycles. The highest BCUT2D eigenvalue weighted by Gasteiger charge is 2.14. The predicted molar refractivity (Wildman–Crippen MR) is 161 cm³/mol. The van der Waals surface area contributed by atoms with Crippen molar-refractivity contribution in [3.8, 4) is 17.2 Å². The van der Waals surface area contributed by atoms with Gasteiger partial charge in [-0.2, -0.15) is 5.10 Å². The molecule has 214 valence electrons. The van der Waals surface area contributed by atoms with Crippen LogP contribution in [0.5, 0.6) is 17.2 Å². The molecule has 0 spiro atoms. The molecule has 0 aliphatic heterocycles. The van der Waals surface area contributed by atoms with E-state index in [1.165, 1.54) is 18.3 Å². The summed E-state index contributed by atoms with van der Waals surface area (Å²) < 4.78 is 16.3. The number of nitrogens with zero attached hydrogens (tertiary/aromatic N) is 1. The van der Waals surface area contributed by atoms with E-state index in [0.717, 1.165) is 0 Å². The van der Waals surface area contributed by atoms with Gasteiger partial charge in [0.2, 0.25) is 0 Å². The lowest BCUT2D eigenvalue weighted by molar-refractivity contribution is 0.0728. The van der Waals surface area contributed by atoms with Crippen molar-refractivity contribution in [3.63, 3.8) is 0 Å². The summed E-state index contributed by atoms with van der Waals surface area (Å²) >= 11 is 12.0. The highest BCUT2D eigenvalue weighted by atomic mass is 35.5.